The van der Waals surface area contributed by atoms with Gasteiger partial charge in [-0.25, -0.2) is 4.79 Å². The number of nitrogens with zero attached hydrogens (tertiary/aromatic N) is 1. The molecule has 1 atom stereocenters. The van der Waals surface area contributed by atoms with Gasteiger partial charge >= 0.3 is 6.09 Å². The summed E-state index contributed by atoms with van der Waals surface area (Å²) in [7, 11) is 0. The molecule has 0 saturated heterocycles. The molecule has 1 fully saturated rings. The number of hydrogen-bond donors (Lipinski definition) is 2. The van der Waals surface area contributed by atoms with Crippen LogP contribution in [0.4, 0.5) is 4.79 Å². The highest BCUT2D eigenvalue weighted by atomic mass is 16.6. The maximum Gasteiger partial charge on any atom is 0.407 e. The summed E-state index contributed by atoms with van der Waals surface area (Å²) in [6, 6.07) is 0.997. The Labute approximate surface area is 135 Å². The number of nitrogens with one attached hydrogen (secondary N) is 1. The predicted octanol–water partition coefficient (Wildman–Crippen LogP) is 2.88. The van der Waals surface area contributed by atoms with E-state index >= 15 is 0 Å². The number of hydrogen-bond acceptors (Lipinski definition) is 4. The van der Waals surface area contributed by atoms with E-state index in [4.69, 9.17) is 10.5 Å². The molecule has 0 aliphatic heterocycles. The molecule has 1 saturated carbocycles. The van der Waals surface area contributed by atoms with Gasteiger partial charge in [0.05, 0.1) is 0 Å². The van der Waals surface area contributed by atoms with Gasteiger partial charge in [-0.15, -0.1) is 0 Å². The second-order valence-corrected chi connectivity index (χ2v) is 7.23. The van der Waals surface area contributed by atoms with Gasteiger partial charge < -0.3 is 15.8 Å². The second-order valence-electron chi connectivity index (χ2n) is 7.23. The normalized spacial score (nSPS) is 18.3. The van der Waals surface area contributed by atoms with Crippen LogP contribution in [0.25, 0.3) is 0 Å². The standard InChI is InChI=1S/C17H35N3O2/c1-5-20(14-9-7-6-8-10-14)15(13-18)11-12-19-16(21)22-17(2,3)4/h14-15H,5-13,18H2,1-4H3,(H,19,21). The minimum Gasteiger partial charge on any atom is -0.444 e. The summed E-state index contributed by atoms with van der Waals surface area (Å²) in [5, 5.41) is 2.84. The predicted molar refractivity (Wildman–Crippen MR) is 90.9 cm³/mol. The number of nitrogens with two attached hydrogens (primary N) is 1. The van der Waals surface area contributed by atoms with Crippen LogP contribution in [0.15, 0.2) is 0 Å². The first kappa shape index (κ1) is 19.2. The highest BCUT2D eigenvalue weighted by Gasteiger charge is 2.25. The fourth-order valence-electron chi connectivity index (χ4n) is 3.30. The van der Waals surface area contributed by atoms with E-state index in [-0.39, 0.29) is 6.09 Å². The molecule has 22 heavy (non-hydrogen) atoms. The summed E-state index contributed by atoms with van der Waals surface area (Å²) in [6.45, 7) is 10.1. The lowest BCUT2D eigenvalue weighted by atomic mass is 9.92. The molecule has 130 valence electrons. The Morgan fingerprint density at radius 1 is 1.32 bits per heavy atom. The highest BCUT2D eigenvalue weighted by molar-refractivity contribution is 5.67. The molecule has 1 unspecified atom stereocenters. The molecule has 5 nitrogen and oxygen atoms in total. The van der Waals surface area contributed by atoms with Crippen LogP contribution in [0.5, 0.6) is 0 Å². The van der Waals surface area contributed by atoms with Crippen molar-refractivity contribution in [3.05, 3.63) is 0 Å². The van der Waals surface area contributed by atoms with Crippen LogP contribution in [0.3, 0.4) is 0 Å². The van der Waals surface area contributed by atoms with Crippen molar-refractivity contribution in [3.8, 4) is 0 Å². The largest absolute Gasteiger partial charge is 0.444 e. The number of carbonyl (C=O) groups is 1. The van der Waals surface area contributed by atoms with Crippen molar-refractivity contribution in [3.63, 3.8) is 0 Å². The third kappa shape index (κ3) is 6.97. The van der Waals surface area contributed by atoms with Gasteiger partial charge in [0.25, 0.3) is 0 Å². The smallest absolute Gasteiger partial charge is 0.407 e. The van der Waals surface area contributed by atoms with E-state index in [0.717, 1.165) is 13.0 Å². The molecule has 0 aromatic heterocycles. The van der Waals surface area contributed by atoms with E-state index in [0.29, 0.717) is 25.2 Å². The Balaban J connectivity index is 2.40. The van der Waals surface area contributed by atoms with Gasteiger partial charge in [0.1, 0.15) is 5.60 Å². The molecule has 1 aliphatic rings. The zero-order chi connectivity index (χ0) is 16.6. The Morgan fingerprint density at radius 3 is 2.45 bits per heavy atom. The lowest BCUT2D eigenvalue weighted by molar-refractivity contribution is 0.0516. The van der Waals surface area contributed by atoms with E-state index < -0.39 is 5.60 Å². The van der Waals surface area contributed by atoms with Crippen LogP contribution in [-0.4, -0.2) is 48.3 Å². The molecule has 1 amide bonds. The van der Waals surface area contributed by atoms with Gasteiger partial charge in [0.2, 0.25) is 0 Å². The van der Waals surface area contributed by atoms with Crippen LogP contribution in [0.2, 0.25) is 0 Å². The van der Waals surface area contributed by atoms with E-state index in [9.17, 15) is 4.79 Å². The molecule has 0 aromatic carbocycles. The zero-order valence-corrected chi connectivity index (χ0v) is 14.9. The van der Waals surface area contributed by atoms with E-state index in [2.05, 4.69) is 17.1 Å². The van der Waals surface area contributed by atoms with E-state index in [1.54, 1.807) is 0 Å². The summed E-state index contributed by atoms with van der Waals surface area (Å²) in [5.41, 5.74) is 5.54. The molecule has 1 rings (SSSR count). The van der Waals surface area contributed by atoms with Gasteiger partial charge in [-0.05, 0) is 46.6 Å². The molecular formula is C17H35N3O2. The molecule has 0 aromatic rings. The third-order valence-corrected chi connectivity index (χ3v) is 4.30. The monoisotopic (exact) mass is 313 g/mol. The van der Waals surface area contributed by atoms with Crippen molar-refractivity contribution in [1.82, 2.24) is 10.2 Å². The van der Waals surface area contributed by atoms with Crippen LogP contribution in [-0.2, 0) is 4.74 Å². The Hall–Kier alpha value is -0.810. The molecule has 0 bridgehead atoms. The van der Waals surface area contributed by atoms with E-state index in [1.165, 1.54) is 32.1 Å². The molecule has 1 aliphatic carbocycles. The van der Waals surface area contributed by atoms with Crippen molar-refractivity contribution in [1.29, 1.82) is 0 Å². The van der Waals surface area contributed by atoms with Crippen molar-refractivity contribution in [2.24, 2.45) is 5.73 Å². The first-order chi connectivity index (χ1) is 10.4. The summed E-state index contributed by atoms with van der Waals surface area (Å²) in [5.74, 6) is 0. The summed E-state index contributed by atoms with van der Waals surface area (Å²) in [6.07, 6.45) is 7.11. The average Bonchev–Trinajstić information content (AvgIpc) is 2.45. The fraction of sp³-hybridized carbons (Fsp3) is 0.941. The Morgan fingerprint density at radius 2 is 1.95 bits per heavy atom. The number of amides is 1. The third-order valence-electron chi connectivity index (χ3n) is 4.30. The SMILES string of the molecule is CCN(C(CN)CCNC(=O)OC(C)(C)C)C1CCCCC1. The molecule has 3 N–H and O–H groups in total. The molecular weight excluding hydrogens is 278 g/mol. The molecule has 0 radical (unpaired) electrons. The van der Waals surface area contributed by atoms with Gasteiger partial charge in [-0.3, -0.25) is 4.90 Å². The summed E-state index contributed by atoms with van der Waals surface area (Å²) in [4.78, 5) is 14.2. The first-order valence-electron chi connectivity index (χ1n) is 8.80. The van der Waals surface area contributed by atoms with Crippen LogP contribution >= 0.6 is 0 Å². The van der Waals surface area contributed by atoms with Crippen molar-refractivity contribution in [2.75, 3.05) is 19.6 Å². The Bertz CT molecular complexity index is 322. The van der Waals surface area contributed by atoms with E-state index in [1.807, 2.05) is 20.8 Å². The van der Waals surface area contributed by atoms with Crippen molar-refractivity contribution in [2.45, 2.75) is 83.9 Å². The van der Waals surface area contributed by atoms with Gasteiger partial charge in [0.15, 0.2) is 0 Å². The summed E-state index contributed by atoms with van der Waals surface area (Å²) >= 11 is 0. The van der Waals surface area contributed by atoms with Crippen molar-refractivity contribution < 1.29 is 9.53 Å². The lowest BCUT2D eigenvalue weighted by Crippen LogP contribution is -2.49. The van der Waals surface area contributed by atoms with Gasteiger partial charge in [-0.1, -0.05) is 26.2 Å². The fourth-order valence-corrected chi connectivity index (χ4v) is 3.30. The lowest BCUT2D eigenvalue weighted by Gasteiger charge is -2.39. The quantitative estimate of drug-likeness (QED) is 0.758. The molecule has 0 heterocycles. The number of ether oxygens (including phenoxy) is 1. The summed E-state index contributed by atoms with van der Waals surface area (Å²) < 4.78 is 5.26. The Kier molecular flexibility index (Phi) is 8.18. The second kappa shape index (κ2) is 9.36. The number of carbonyl (C=O) groups excluding carboxylic acids is 1. The number of rotatable bonds is 7. The van der Waals surface area contributed by atoms with Crippen LogP contribution in [0.1, 0.15) is 66.2 Å². The minimum absolute atomic E-state index is 0.336. The first-order valence-corrected chi connectivity index (χ1v) is 8.80. The van der Waals surface area contributed by atoms with Gasteiger partial charge in [0, 0.05) is 25.2 Å². The molecule has 5 heteroatoms. The number of likely N-dealkylation sites (N-methyl/N-ethyl adjacent to an activating group) is 1. The van der Waals surface area contributed by atoms with Crippen LogP contribution in [0, 0.1) is 0 Å². The average molecular weight is 313 g/mol. The topological polar surface area (TPSA) is 67.6 Å². The molecule has 0 spiro atoms. The van der Waals surface area contributed by atoms with Crippen LogP contribution < -0.4 is 11.1 Å². The maximum absolute atomic E-state index is 11.7. The maximum atomic E-state index is 11.7. The minimum atomic E-state index is -0.450. The van der Waals surface area contributed by atoms with Crippen molar-refractivity contribution >= 4 is 6.09 Å². The number of alkyl carbamates (subject to hydrolysis) is 1. The highest BCUT2D eigenvalue weighted by Crippen LogP contribution is 2.24. The van der Waals surface area contributed by atoms with Gasteiger partial charge in [-0.2, -0.15) is 0 Å². The zero-order valence-electron chi connectivity index (χ0n) is 14.9.